The molecule has 3 N–H and O–H groups in total. The van der Waals surface area contributed by atoms with E-state index in [9.17, 15) is 9.59 Å². The van der Waals surface area contributed by atoms with Crippen molar-refractivity contribution in [1.29, 1.82) is 0 Å². The summed E-state index contributed by atoms with van der Waals surface area (Å²) in [4.78, 5) is 23.6. The van der Waals surface area contributed by atoms with Crippen LogP contribution in [0.25, 0.3) is 0 Å². The number of carboxylic acids is 1. The van der Waals surface area contributed by atoms with Crippen molar-refractivity contribution >= 4 is 11.9 Å². The molecule has 0 fully saturated rings. The zero-order valence-electron chi connectivity index (χ0n) is 12.7. The summed E-state index contributed by atoms with van der Waals surface area (Å²) < 4.78 is 15.7. The first-order chi connectivity index (χ1) is 10.2. The third-order valence-corrected chi connectivity index (χ3v) is 3.06. The van der Waals surface area contributed by atoms with Crippen LogP contribution in [0, 0.1) is 0 Å². The zero-order chi connectivity index (χ0) is 16.5. The van der Waals surface area contributed by atoms with E-state index in [-0.39, 0.29) is 6.79 Å². The maximum atomic E-state index is 12.4. The summed E-state index contributed by atoms with van der Waals surface area (Å²) in [5, 5.41) is 9.17. The highest BCUT2D eigenvalue weighted by Gasteiger charge is 2.36. The number of ether oxygens (including phenoxy) is 3. The van der Waals surface area contributed by atoms with Crippen molar-refractivity contribution in [2.75, 3.05) is 6.79 Å². The minimum absolute atomic E-state index is 0.0842. The van der Waals surface area contributed by atoms with Gasteiger partial charge in [-0.15, -0.1) is 0 Å². The Morgan fingerprint density at radius 1 is 1.27 bits per heavy atom. The lowest BCUT2D eigenvalue weighted by Crippen LogP contribution is -2.42. The second-order valence-corrected chi connectivity index (χ2v) is 5.99. The largest absolute Gasteiger partial charge is 0.480 e. The van der Waals surface area contributed by atoms with Crippen LogP contribution in [0.1, 0.15) is 32.3 Å². The van der Waals surface area contributed by atoms with Crippen molar-refractivity contribution < 1.29 is 28.9 Å². The molecule has 1 aliphatic rings. The van der Waals surface area contributed by atoms with E-state index in [1.807, 2.05) is 0 Å². The predicted octanol–water partition coefficient (Wildman–Crippen LogP) is 1.25. The molecule has 1 aromatic rings. The quantitative estimate of drug-likeness (QED) is 0.806. The Morgan fingerprint density at radius 3 is 2.50 bits per heavy atom. The van der Waals surface area contributed by atoms with Gasteiger partial charge in [-0.2, -0.15) is 0 Å². The van der Waals surface area contributed by atoms with Crippen LogP contribution < -0.4 is 15.2 Å². The third-order valence-electron chi connectivity index (χ3n) is 3.06. The number of aliphatic carboxylic acids is 1. The van der Waals surface area contributed by atoms with Crippen LogP contribution in [0.5, 0.6) is 11.5 Å². The predicted molar refractivity (Wildman–Crippen MR) is 76.8 cm³/mol. The molecule has 0 amide bonds. The number of hydrogen-bond acceptors (Lipinski definition) is 6. The van der Waals surface area contributed by atoms with Gasteiger partial charge in [-0.1, -0.05) is 6.07 Å². The molecule has 120 valence electrons. The standard InChI is InChI=1S/C15H19NO6/c1-15(2,3)22-14(19)11(12(16)13(17)18)8-4-5-9-10(6-8)21-7-20-9/h4-6,11-12H,7,16H2,1-3H3,(H,17,18). The van der Waals surface area contributed by atoms with Gasteiger partial charge < -0.3 is 25.1 Å². The summed E-state index contributed by atoms with van der Waals surface area (Å²) in [6, 6.07) is 3.34. The van der Waals surface area contributed by atoms with Gasteiger partial charge in [0.15, 0.2) is 11.5 Å². The third kappa shape index (κ3) is 3.48. The first-order valence-corrected chi connectivity index (χ1v) is 6.80. The van der Waals surface area contributed by atoms with E-state index in [0.717, 1.165) is 0 Å². The van der Waals surface area contributed by atoms with Gasteiger partial charge >= 0.3 is 11.9 Å². The van der Waals surface area contributed by atoms with Crippen LogP contribution in [0.3, 0.4) is 0 Å². The Bertz CT molecular complexity index is 592. The first-order valence-electron chi connectivity index (χ1n) is 6.80. The van der Waals surface area contributed by atoms with Gasteiger partial charge in [-0.3, -0.25) is 9.59 Å². The maximum Gasteiger partial charge on any atom is 0.321 e. The molecular weight excluding hydrogens is 290 g/mol. The number of nitrogens with two attached hydrogens (primary N) is 1. The van der Waals surface area contributed by atoms with Crippen LogP contribution in [0.2, 0.25) is 0 Å². The van der Waals surface area contributed by atoms with E-state index < -0.39 is 29.5 Å². The van der Waals surface area contributed by atoms with E-state index in [0.29, 0.717) is 17.1 Å². The van der Waals surface area contributed by atoms with E-state index in [2.05, 4.69) is 0 Å². The molecule has 2 rings (SSSR count). The van der Waals surface area contributed by atoms with E-state index >= 15 is 0 Å². The highest BCUT2D eigenvalue weighted by molar-refractivity contribution is 5.88. The van der Waals surface area contributed by atoms with Gasteiger partial charge in [0, 0.05) is 0 Å². The molecule has 7 heteroatoms. The average Bonchev–Trinajstić information content (AvgIpc) is 2.83. The lowest BCUT2D eigenvalue weighted by molar-refractivity contribution is -0.160. The SMILES string of the molecule is CC(C)(C)OC(=O)C(c1ccc2c(c1)OCO2)C(N)C(=O)O. The van der Waals surface area contributed by atoms with Crippen LogP contribution >= 0.6 is 0 Å². The number of esters is 1. The normalized spacial score (nSPS) is 16.0. The van der Waals surface area contributed by atoms with E-state index in [4.69, 9.17) is 25.1 Å². The molecule has 1 aromatic carbocycles. The molecule has 0 saturated heterocycles. The molecule has 0 radical (unpaired) electrons. The smallest absolute Gasteiger partial charge is 0.321 e. The molecule has 1 aliphatic heterocycles. The summed E-state index contributed by atoms with van der Waals surface area (Å²) in [5.74, 6) is -2.12. The van der Waals surface area contributed by atoms with E-state index in [1.165, 1.54) is 0 Å². The number of carbonyl (C=O) groups is 2. The highest BCUT2D eigenvalue weighted by Crippen LogP contribution is 2.36. The molecule has 0 spiro atoms. The maximum absolute atomic E-state index is 12.4. The van der Waals surface area contributed by atoms with Crippen LogP contribution in [-0.2, 0) is 14.3 Å². The lowest BCUT2D eigenvalue weighted by atomic mass is 9.91. The van der Waals surface area contributed by atoms with Gasteiger partial charge in [-0.25, -0.2) is 0 Å². The number of carboxylic acid groups (broad SMARTS) is 1. The van der Waals surface area contributed by atoms with Crippen LogP contribution in [0.15, 0.2) is 18.2 Å². The summed E-state index contributed by atoms with van der Waals surface area (Å²) in [6.07, 6.45) is 0. The van der Waals surface area contributed by atoms with Crippen molar-refractivity contribution in [3.05, 3.63) is 23.8 Å². The fraction of sp³-hybridized carbons (Fsp3) is 0.467. The Labute approximate surface area is 128 Å². The molecule has 22 heavy (non-hydrogen) atoms. The van der Waals surface area contributed by atoms with E-state index in [1.54, 1.807) is 39.0 Å². The van der Waals surface area contributed by atoms with Crippen molar-refractivity contribution in [3.8, 4) is 11.5 Å². The van der Waals surface area contributed by atoms with Gasteiger partial charge in [-0.05, 0) is 38.5 Å². The minimum Gasteiger partial charge on any atom is -0.480 e. The molecule has 2 atom stereocenters. The minimum atomic E-state index is -1.42. The van der Waals surface area contributed by atoms with Crippen molar-refractivity contribution in [2.24, 2.45) is 5.73 Å². The van der Waals surface area contributed by atoms with Crippen LogP contribution in [-0.4, -0.2) is 35.5 Å². The molecule has 0 saturated carbocycles. The first kappa shape index (κ1) is 16.1. The molecule has 0 aliphatic carbocycles. The Morgan fingerprint density at radius 2 is 1.91 bits per heavy atom. The fourth-order valence-corrected chi connectivity index (χ4v) is 2.10. The van der Waals surface area contributed by atoms with Crippen LogP contribution in [0.4, 0.5) is 0 Å². The topological polar surface area (TPSA) is 108 Å². The Hall–Kier alpha value is -2.28. The monoisotopic (exact) mass is 309 g/mol. The van der Waals surface area contributed by atoms with Crippen molar-refractivity contribution in [2.45, 2.75) is 38.3 Å². The average molecular weight is 309 g/mol. The molecule has 1 heterocycles. The number of fused-ring (bicyclic) bond motifs is 1. The number of carbonyl (C=O) groups excluding carboxylic acids is 1. The summed E-state index contributed by atoms with van der Waals surface area (Å²) in [5.41, 5.74) is 5.35. The molecule has 0 bridgehead atoms. The van der Waals surface area contributed by atoms with Crippen molar-refractivity contribution in [1.82, 2.24) is 0 Å². The molecular formula is C15H19NO6. The molecule has 2 unspecified atom stereocenters. The molecule has 0 aromatic heterocycles. The summed E-state index contributed by atoms with van der Waals surface area (Å²) >= 11 is 0. The summed E-state index contributed by atoms with van der Waals surface area (Å²) in [7, 11) is 0. The lowest BCUT2D eigenvalue weighted by Gasteiger charge is -2.26. The second kappa shape index (κ2) is 5.84. The van der Waals surface area contributed by atoms with Gasteiger partial charge in [0.2, 0.25) is 6.79 Å². The number of hydrogen-bond donors (Lipinski definition) is 2. The number of benzene rings is 1. The highest BCUT2D eigenvalue weighted by atomic mass is 16.7. The second-order valence-electron chi connectivity index (χ2n) is 5.99. The Kier molecular flexibility index (Phi) is 4.27. The Balaban J connectivity index is 2.36. The molecule has 7 nitrogen and oxygen atoms in total. The zero-order valence-corrected chi connectivity index (χ0v) is 12.7. The fourth-order valence-electron chi connectivity index (χ4n) is 2.10. The van der Waals surface area contributed by atoms with Gasteiger partial charge in [0.1, 0.15) is 17.6 Å². The van der Waals surface area contributed by atoms with Gasteiger partial charge in [0.25, 0.3) is 0 Å². The number of rotatable bonds is 4. The van der Waals surface area contributed by atoms with Gasteiger partial charge in [0.05, 0.1) is 0 Å². The summed E-state index contributed by atoms with van der Waals surface area (Å²) in [6.45, 7) is 5.19. The van der Waals surface area contributed by atoms with Crippen molar-refractivity contribution in [3.63, 3.8) is 0 Å².